The summed E-state index contributed by atoms with van der Waals surface area (Å²) in [6, 6.07) is 0. The Bertz CT molecular complexity index is 445. The van der Waals surface area contributed by atoms with Gasteiger partial charge < -0.3 is 10.4 Å². The lowest BCUT2D eigenvalue weighted by molar-refractivity contribution is -0.136. The summed E-state index contributed by atoms with van der Waals surface area (Å²) >= 11 is 0. The van der Waals surface area contributed by atoms with Crippen molar-refractivity contribution in [3.63, 3.8) is 0 Å². The summed E-state index contributed by atoms with van der Waals surface area (Å²) < 4.78 is 30.3. The van der Waals surface area contributed by atoms with Crippen LogP contribution in [0.25, 0.3) is 0 Å². The average Bonchev–Trinajstić information content (AvgIpc) is 2.27. The van der Waals surface area contributed by atoms with Crippen molar-refractivity contribution in [1.29, 1.82) is 0 Å². The van der Waals surface area contributed by atoms with Gasteiger partial charge in [0.15, 0.2) is 5.25 Å². The van der Waals surface area contributed by atoms with E-state index in [0.29, 0.717) is 5.75 Å². The maximum atomic E-state index is 10.8. The second-order valence-electron chi connectivity index (χ2n) is 3.38. The Morgan fingerprint density at radius 3 is 2.67 bits per heavy atom. The molecule has 1 heterocycles. The van der Waals surface area contributed by atoms with Crippen LogP contribution in [0.2, 0.25) is 0 Å². The molecular formula is C9H13NO5S3. The normalized spacial score (nSPS) is 20.4. The minimum absolute atomic E-state index is 0.0778. The van der Waals surface area contributed by atoms with E-state index in [4.69, 9.17) is 9.66 Å². The largest absolute Gasteiger partial charge is 0.480 e. The third kappa shape index (κ3) is 5.34. The Labute approximate surface area is 113 Å². The number of carboxylic acid groups (broad SMARTS) is 1. The van der Waals surface area contributed by atoms with Gasteiger partial charge in [0.05, 0.1) is 0 Å². The molecule has 2 unspecified atom stereocenters. The number of hydrogen-bond donors (Lipinski definition) is 3. The van der Waals surface area contributed by atoms with Crippen molar-refractivity contribution in [2.45, 2.75) is 17.0 Å². The van der Waals surface area contributed by atoms with Crippen LogP contribution in [-0.4, -0.2) is 40.4 Å². The van der Waals surface area contributed by atoms with Crippen LogP contribution < -0.4 is 5.32 Å². The summed E-state index contributed by atoms with van der Waals surface area (Å²) in [6.45, 7) is 0. The predicted octanol–water partition coefficient (Wildman–Crippen LogP) is 1.10. The maximum absolute atomic E-state index is 10.8. The summed E-state index contributed by atoms with van der Waals surface area (Å²) in [6.07, 6.45) is 7.32. The molecule has 0 aromatic heterocycles. The summed E-state index contributed by atoms with van der Waals surface area (Å²) in [5.74, 6) is -1.21. The van der Waals surface area contributed by atoms with Gasteiger partial charge in [0.1, 0.15) is 5.37 Å². The van der Waals surface area contributed by atoms with Crippen LogP contribution >= 0.6 is 21.6 Å². The monoisotopic (exact) mass is 311 g/mol. The fourth-order valence-corrected chi connectivity index (χ4v) is 4.22. The second-order valence-corrected chi connectivity index (χ2v) is 7.61. The number of dihydropyridines is 1. The Morgan fingerprint density at radius 2 is 2.17 bits per heavy atom. The van der Waals surface area contributed by atoms with E-state index < -0.39 is 21.3 Å². The first-order valence-electron chi connectivity index (χ1n) is 4.98. The molecule has 0 fully saturated rings. The fourth-order valence-electron chi connectivity index (χ4n) is 1.16. The van der Waals surface area contributed by atoms with Gasteiger partial charge in [0, 0.05) is 5.75 Å². The lowest BCUT2D eigenvalue weighted by Crippen LogP contribution is -2.30. The Morgan fingerprint density at radius 1 is 1.44 bits per heavy atom. The molecule has 0 aliphatic carbocycles. The molecule has 0 saturated heterocycles. The predicted molar refractivity (Wildman–Crippen MR) is 72.8 cm³/mol. The van der Waals surface area contributed by atoms with Gasteiger partial charge in [-0.15, -0.1) is 0 Å². The Balaban J connectivity index is 2.30. The molecule has 2 atom stereocenters. The number of aliphatic carboxylic acids is 1. The van der Waals surface area contributed by atoms with E-state index in [1.165, 1.54) is 21.6 Å². The third-order valence-electron chi connectivity index (χ3n) is 2.02. The SMILES string of the molecule is O=C(O)C(CCSSC1C=CC=CN1)S(=O)(=O)O. The summed E-state index contributed by atoms with van der Waals surface area (Å²) in [7, 11) is -1.72. The minimum atomic E-state index is -4.53. The van der Waals surface area contributed by atoms with Crippen LogP contribution in [0.3, 0.4) is 0 Å². The molecule has 1 aliphatic heterocycles. The zero-order valence-corrected chi connectivity index (χ0v) is 11.7. The summed E-state index contributed by atoms with van der Waals surface area (Å²) in [5.41, 5.74) is 0. The highest BCUT2D eigenvalue weighted by Crippen LogP contribution is 2.28. The van der Waals surface area contributed by atoms with E-state index in [2.05, 4.69) is 5.32 Å². The Hall–Kier alpha value is -0.640. The van der Waals surface area contributed by atoms with Gasteiger partial charge in [-0.3, -0.25) is 9.35 Å². The van der Waals surface area contributed by atoms with Crippen LogP contribution in [0.15, 0.2) is 24.4 Å². The number of rotatable bonds is 7. The lowest BCUT2D eigenvalue weighted by Gasteiger charge is -2.14. The summed E-state index contributed by atoms with van der Waals surface area (Å²) in [5, 5.41) is 10.0. The van der Waals surface area contributed by atoms with Crippen LogP contribution in [0, 0.1) is 0 Å². The first kappa shape index (κ1) is 15.4. The third-order valence-corrected chi connectivity index (χ3v) is 5.75. The molecule has 0 aromatic carbocycles. The molecule has 0 spiro atoms. The van der Waals surface area contributed by atoms with Gasteiger partial charge in [0.25, 0.3) is 10.1 Å². The van der Waals surface area contributed by atoms with Crippen molar-refractivity contribution in [1.82, 2.24) is 5.32 Å². The Kier molecular flexibility index (Phi) is 6.06. The highest BCUT2D eigenvalue weighted by molar-refractivity contribution is 8.77. The fraction of sp³-hybridized carbons (Fsp3) is 0.444. The van der Waals surface area contributed by atoms with Crippen molar-refractivity contribution in [2.24, 2.45) is 0 Å². The highest BCUT2D eigenvalue weighted by atomic mass is 33.1. The topological polar surface area (TPSA) is 104 Å². The van der Waals surface area contributed by atoms with E-state index >= 15 is 0 Å². The molecule has 18 heavy (non-hydrogen) atoms. The number of nitrogens with one attached hydrogen (secondary N) is 1. The van der Waals surface area contributed by atoms with Gasteiger partial charge >= 0.3 is 5.97 Å². The van der Waals surface area contributed by atoms with Crippen molar-refractivity contribution >= 4 is 37.7 Å². The van der Waals surface area contributed by atoms with Gasteiger partial charge in [-0.05, 0) is 18.7 Å². The maximum Gasteiger partial charge on any atom is 0.324 e. The molecule has 1 rings (SSSR count). The molecule has 3 N–H and O–H groups in total. The molecule has 6 nitrogen and oxygen atoms in total. The zero-order valence-electron chi connectivity index (χ0n) is 9.22. The van der Waals surface area contributed by atoms with Gasteiger partial charge in [0.2, 0.25) is 0 Å². The average molecular weight is 311 g/mol. The number of carbonyl (C=O) groups is 1. The van der Waals surface area contributed by atoms with Crippen LogP contribution in [-0.2, 0) is 14.9 Å². The first-order valence-corrected chi connectivity index (χ1v) is 8.86. The lowest BCUT2D eigenvalue weighted by atomic mass is 10.3. The standard InChI is InChI=1S/C9H13NO5S3/c11-9(12)7(18(13,14)15)4-6-16-17-8-3-1-2-5-10-8/h1-3,5,7-8,10H,4,6H2,(H,11,12)(H,13,14,15). The smallest absolute Gasteiger partial charge is 0.324 e. The number of allylic oxidation sites excluding steroid dienone is 2. The first-order chi connectivity index (χ1) is 8.41. The van der Waals surface area contributed by atoms with E-state index in [0.717, 1.165) is 0 Å². The minimum Gasteiger partial charge on any atom is -0.480 e. The molecule has 9 heteroatoms. The van der Waals surface area contributed by atoms with E-state index in [9.17, 15) is 13.2 Å². The quantitative estimate of drug-likeness (QED) is 0.365. The van der Waals surface area contributed by atoms with Crippen LogP contribution in [0.5, 0.6) is 0 Å². The second kappa shape index (κ2) is 7.07. The molecule has 102 valence electrons. The van der Waals surface area contributed by atoms with Gasteiger partial charge in [-0.25, -0.2) is 0 Å². The van der Waals surface area contributed by atoms with Crippen LogP contribution in [0.4, 0.5) is 0 Å². The molecular weight excluding hydrogens is 298 g/mol. The zero-order chi connectivity index (χ0) is 13.6. The molecule has 0 saturated carbocycles. The molecule has 0 aromatic rings. The van der Waals surface area contributed by atoms with Gasteiger partial charge in [-0.2, -0.15) is 8.42 Å². The van der Waals surface area contributed by atoms with Crippen molar-refractivity contribution < 1.29 is 22.9 Å². The highest BCUT2D eigenvalue weighted by Gasteiger charge is 2.30. The molecule has 1 aliphatic rings. The molecule has 0 radical (unpaired) electrons. The van der Waals surface area contributed by atoms with Crippen molar-refractivity contribution in [2.75, 3.05) is 5.75 Å². The van der Waals surface area contributed by atoms with Crippen molar-refractivity contribution in [3.05, 3.63) is 24.4 Å². The van der Waals surface area contributed by atoms with E-state index in [1.807, 2.05) is 18.2 Å². The van der Waals surface area contributed by atoms with Crippen LogP contribution in [0.1, 0.15) is 6.42 Å². The van der Waals surface area contributed by atoms with Crippen molar-refractivity contribution in [3.8, 4) is 0 Å². The molecule has 0 bridgehead atoms. The molecule has 0 amide bonds. The number of hydrogen-bond acceptors (Lipinski definition) is 6. The summed E-state index contributed by atoms with van der Waals surface area (Å²) in [4.78, 5) is 10.7. The number of carboxylic acids is 1. The van der Waals surface area contributed by atoms with E-state index in [-0.39, 0.29) is 11.8 Å². The van der Waals surface area contributed by atoms with E-state index in [1.54, 1.807) is 6.20 Å². The van der Waals surface area contributed by atoms with Gasteiger partial charge in [-0.1, -0.05) is 33.7 Å².